The second-order valence-electron chi connectivity index (χ2n) is 4.18. The van der Waals surface area contributed by atoms with Crippen LogP contribution in [0.5, 0.6) is 11.5 Å². The first kappa shape index (κ1) is 9.93. The molecular weight excluding hydrogens is 204 g/mol. The van der Waals surface area contributed by atoms with Gasteiger partial charge in [0, 0.05) is 12.6 Å². The van der Waals surface area contributed by atoms with Crippen LogP contribution in [0.4, 0.5) is 0 Å². The van der Waals surface area contributed by atoms with Gasteiger partial charge in [0.2, 0.25) is 6.79 Å². The van der Waals surface area contributed by atoms with E-state index in [-0.39, 0.29) is 0 Å². The van der Waals surface area contributed by atoms with Gasteiger partial charge in [-0.25, -0.2) is 0 Å². The molecule has 86 valence electrons. The lowest BCUT2D eigenvalue weighted by Crippen LogP contribution is -2.27. The van der Waals surface area contributed by atoms with E-state index in [4.69, 9.17) is 9.47 Å². The zero-order valence-corrected chi connectivity index (χ0v) is 9.16. The minimum atomic E-state index is 0.342. The molecule has 3 rings (SSSR count). The largest absolute Gasteiger partial charge is 0.454 e. The highest BCUT2D eigenvalue weighted by atomic mass is 16.7. The molecule has 0 saturated carbocycles. The summed E-state index contributed by atoms with van der Waals surface area (Å²) in [7, 11) is 0. The number of ether oxygens (including phenoxy) is 2. The molecule has 0 bridgehead atoms. The molecule has 1 unspecified atom stereocenters. The Morgan fingerprint density at radius 1 is 1.12 bits per heavy atom. The number of nitrogens with one attached hydrogen (secondary N) is 2. The van der Waals surface area contributed by atoms with Gasteiger partial charge < -0.3 is 20.1 Å². The lowest BCUT2D eigenvalue weighted by Gasteiger charge is -2.16. The predicted octanol–water partition coefficient (Wildman–Crippen LogP) is 1.04. The SMILES string of the molecule is c1cc2c(cc1C1CNCCCN1)OCO2. The van der Waals surface area contributed by atoms with Crippen molar-refractivity contribution in [2.45, 2.75) is 12.5 Å². The summed E-state index contributed by atoms with van der Waals surface area (Å²) in [6, 6.07) is 6.55. The molecule has 4 heteroatoms. The Morgan fingerprint density at radius 3 is 3.06 bits per heavy atom. The van der Waals surface area contributed by atoms with Gasteiger partial charge in [-0.15, -0.1) is 0 Å². The first-order chi connectivity index (χ1) is 7.93. The fourth-order valence-electron chi connectivity index (χ4n) is 2.17. The first-order valence-electron chi connectivity index (χ1n) is 5.77. The van der Waals surface area contributed by atoms with Crippen molar-refractivity contribution < 1.29 is 9.47 Å². The fraction of sp³-hybridized carbons (Fsp3) is 0.500. The van der Waals surface area contributed by atoms with Gasteiger partial charge in [-0.05, 0) is 37.2 Å². The summed E-state index contributed by atoms with van der Waals surface area (Å²) in [5.41, 5.74) is 1.26. The van der Waals surface area contributed by atoms with E-state index in [9.17, 15) is 0 Å². The Balaban J connectivity index is 1.82. The second-order valence-corrected chi connectivity index (χ2v) is 4.18. The van der Waals surface area contributed by atoms with E-state index in [0.717, 1.165) is 31.1 Å². The lowest BCUT2D eigenvalue weighted by atomic mass is 10.1. The van der Waals surface area contributed by atoms with Crippen LogP contribution in [0.2, 0.25) is 0 Å². The summed E-state index contributed by atoms with van der Waals surface area (Å²) in [5.74, 6) is 1.72. The Bertz CT molecular complexity index is 373. The van der Waals surface area contributed by atoms with E-state index in [1.54, 1.807) is 0 Å². The average Bonchev–Trinajstić information content (AvgIpc) is 2.61. The Morgan fingerprint density at radius 2 is 2.06 bits per heavy atom. The quantitative estimate of drug-likeness (QED) is 0.742. The van der Waals surface area contributed by atoms with Crippen molar-refractivity contribution in [1.82, 2.24) is 10.6 Å². The van der Waals surface area contributed by atoms with Crippen LogP contribution < -0.4 is 20.1 Å². The Hall–Kier alpha value is -1.26. The van der Waals surface area contributed by atoms with Gasteiger partial charge >= 0.3 is 0 Å². The van der Waals surface area contributed by atoms with Gasteiger partial charge in [0.15, 0.2) is 11.5 Å². The van der Waals surface area contributed by atoms with Crippen LogP contribution >= 0.6 is 0 Å². The number of benzene rings is 1. The smallest absolute Gasteiger partial charge is 0.231 e. The third-order valence-corrected chi connectivity index (χ3v) is 3.07. The highest BCUT2D eigenvalue weighted by Crippen LogP contribution is 2.34. The molecule has 2 aliphatic heterocycles. The van der Waals surface area contributed by atoms with Crippen molar-refractivity contribution >= 4 is 0 Å². The molecule has 0 radical (unpaired) electrons. The van der Waals surface area contributed by atoms with E-state index in [1.807, 2.05) is 6.07 Å². The van der Waals surface area contributed by atoms with E-state index >= 15 is 0 Å². The zero-order chi connectivity index (χ0) is 10.8. The summed E-state index contributed by atoms with van der Waals surface area (Å²) in [4.78, 5) is 0. The zero-order valence-electron chi connectivity index (χ0n) is 9.16. The van der Waals surface area contributed by atoms with Crippen LogP contribution in [-0.2, 0) is 0 Å². The number of fused-ring (bicyclic) bond motifs is 1. The minimum absolute atomic E-state index is 0.342. The molecule has 1 aromatic carbocycles. The molecule has 2 aliphatic rings. The third-order valence-electron chi connectivity index (χ3n) is 3.07. The lowest BCUT2D eigenvalue weighted by molar-refractivity contribution is 0.174. The number of hydrogen-bond donors (Lipinski definition) is 2. The van der Waals surface area contributed by atoms with E-state index in [0.29, 0.717) is 12.8 Å². The van der Waals surface area contributed by atoms with Crippen molar-refractivity contribution in [2.75, 3.05) is 26.4 Å². The van der Waals surface area contributed by atoms with Crippen LogP contribution in [0.1, 0.15) is 18.0 Å². The molecule has 0 spiro atoms. The molecule has 0 aromatic heterocycles. The van der Waals surface area contributed by atoms with Gasteiger partial charge in [-0.1, -0.05) is 6.07 Å². The maximum atomic E-state index is 5.39. The molecule has 16 heavy (non-hydrogen) atoms. The fourth-order valence-corrected chi connectivity index (χ4v) is 2.17. The summed E-state index contributed by atoms with van der Waals surface area (Å²) in [5, 5.41) is 6.96. The number of rotatable bonds is 1. The number of hydrogen-bond acceptors (Lipinski definition) is 4. The molecule has 2 N–H and O–H groups in total. The molecule has 0 amide bonds. The Kier molecular flexibility index (Phi) is 2.68. The summed E-state index contributed by atoms with van der Waals surface area (Å²) < 4.78 is 10.7. The van der Waals surface area contributed by atoms with Gasteiger partial charge in [0.25, 0.3) is 0 Å². The van der Waals surface area contributed by atoms with E-state index < -0.39 is 0 Å². The van der Waals surface area contributed by atoms with Crippen LogP contribution in [-0.4, -0.2) is 26.4 Å². The van der Waals surface area contributed by atoms with Crippen LogP contribution in [0, 0.1) is 0 Å². The highest BCUT2D eigenvalue weighted by molar-refractivity contribution is 5.45. The molecule has 1 atom stereocenters. The topological polar surface area (TPSA) is 42.5 Å². The molecular formula is C12H16N2O2. The standard InChI is InChI=1S/C12H16N2O2/c1-4-13-7-10(14-5-1)9-2-3-11-12(6-9)16-8-15-11/h2-3,6,10,13-14H,1,4-5,7-8H2. The normalized spacial score (nSPS) is 24.1. The van der Waals surface area contributed by atoms with Crippen LogP contribution in [0.25, 0.3) is 0 Å². The Labute approximate surface area is 94.9 Å². The molecule has 1 fully saturated rings. The molecule has 1 aromatic rings. The van der Waals surface area contributed by atoms with Gasteiger partial charge in [0.1, 0.15) is 0 Å². The van der Waals surface area contributed by atoms with Gasteiger partial charge in [0.05, 0.1) is 0 Å². The van der Waals surface area contributed by atoms with Gasteiger partial charge in [-0.3, -0.25) is 0 Å². The van der Waals surface area contributed by atoms with Crippen molar-refractivity contribution in [2.24, 2.45) is 0 Å². The second kappa shape index (κ2) is 4.31. The van der Waals surface area contributed by atoms with Gasteiger partial charge in [-0.2, -0.15) is 0 Å². The third kappa shape index (κ3) is 1.86. The molecule has 4 nitrogen and oxygen atoms in total. The van der Waals surface area contributed by atoms with Crippen molar-refractivity contribution in [3.05, 3.63) is 23.8 Å². The van der Waals surface area contributed by atoms with E-state index in [2.05, 4.69) is 22.8 Å². The van der Waals surface area contributed by atoms with Crippen molar-refractivity contribution in [1.29, 1.82) is 0 Å². The molecule has 1 saturated heterocycles. The molecule has 0 aliphatic carbocycles. The minimum Gasteiger partial charge on any atom is -0.454 e. The molecule has 2 heterocycles. The maximum absolute atomic E-state index is 5.39. The van der Waals surface area contributed by atoms with Crippen molar-refractivity contribution in [3.8, 4) is 11.5 Å². The van der Waals surface area contributed by atoms with E-state index in [1.165, 1.54) is 12.0 Å². The van der Waals surface area contributed by atoms with Crippen LogP contribution in [0.3, 0.4) is 0 Å². The predicted molar refractivity (Wildman–Crippen MR) is 60.8 cm³/mol. The summed E-state index contributed by atoms with van der Waals surface area (Å²) in [6.45, 7) is 3.47. The average molecular weight is 220 g/mol. The first-order valence-corrected chi connectivity index (χ1v) is 5.77. The van der Waals surface area contributed by atoms with Crippen molar-refractivity contribution in [3.63, 3.8) is 0 Å². The summed E-state index contributed by atoms with van der Waals surface area (Å²) in [6.07, 6.45) is 1.18. The highest BCUT2D eigenvalue weighted by Gasteiger charge is 2.18. The van der Waals surface area contributed by atoms with Crippen LogP contribution in [0.15, 0.2) is 18.2 Å². The summed E-state index contributed by atoms with van der Waals surface area (Å²) >= 11 is 0. The maximum Gasteiger partial charge on any atom is 0.231 e. The monoisotopic (exact) mass is 220 g/mol.